The third kappa shape index (κ3) is 2.94. The fourth-order valence-electron chi connectivity index (χ4n) is 1.02. The zero-order valence-corrected chi connectivity index (χ0v) is 10.4. The molecule has 1 aromatic carbocycles. The average Bonchev–Trinajstić information content (AvgIpc) is 2.13. The molecule has 0 atom stereocenters. The molecule has 0 fully saturated rings. The second-order valence-corrected chi connectivity index (χ2v) is 4.60. The SMILES string of the molecule is CC(C)NCc1ccc(Br)c(Cl)c1F. The van der Waals surface area contributed by atoms with E-state index in [1.54, 1.807) is 12.1 Å². The summed E-state index contributed by atoms with van der Waals surface area (Å²) in [6, 6.07) is 3.81. The summed E-state index contributed by atoms with van der Waals surface area (Å²) >= 11 is 8.92. The van der Waals surface area contributed by atoms with E-state index >= 15 is 0 Å². The summed E-state index contributed by atoms with van der Waals surface area (Å²) in [5, 5.41) is 3.28. The van der Waals surface area contributed by atoms with E-state index in [-0.39, 0.29) is 10.8 Å². The molecule has 1 rings (SSSR count). The minimum atomic E-state index is -0.353. The Morgan fingerprint density at radius 1 is 1.50 bits per heavy atom. The number of rotatable bonds is 3. The maximum atomic E-state index is 13.5. The highest BCUT2D eigenvalue weighted by Crippen LogP contribution is 2.27. The van der Waals surface area contributed by atoms with Gasteiger partial charge in [-0.3, -0.25) is 0 Å². The molecular weight excluding hydrogens is 268 g/mol. The lowest BCUT2D eigenvalue weighted by molar-refractivity contribution is 0.553. The molecule has 14 heavy (non-hydrogen) atoms. The monoisotopic (exact) mass is 279 g/mol. The first-order chi connectivity index (χ1) is 6.52. The number of nitrogens with one attached hydrogen (secondary N) is 1. The van der Waals surface area contributed by atoms with Crippen LogP contribution >= 0.6 is 27.5 Å². The molecule has 0 aliphatic heterocycles. The van der Waals surface area contributed by atoms with Crippen LogP contribution in [-0.4, -0.2) is 6.04 Å². The van der Waals surface area contributed by atoms with Crippen molar-refractivity contribution in [3.8, 4) is 0 Å². The summed E-state index contributed by atoms with van der Waals surface area (Å²) in [4.78, 5) is 0. The molecular formula is C10H12BrClFN. The summed E-state index contributed by atoms with van der Waals surface area (Å²) in [6.07, 6.45) is 0. The summed E-state index contributed by atoms with van der Waals surface area (Å²) < 4.78 is 14.1. The van der Waals surface area contributed by atoms with Crippen LogP contribution in [0.2, 0.25) is 5.02 Å². The van der Waals surface area contributed by atoms with Crippen LogP contribution in [0.15, 0.2) is 16.6 Å². The van der Waals surface area contributed by atoms with Gasteiger partial charge in [-0.2, -0.15) is 0 Å². The van der Waals surface area contributed by atoms with Gasteiger partial charge in [0, 0.05) is 22.6 Å². The third-order valence-electron chi connectivity index (χ3n) is 1.82. The molecule has 0 heterocycles. The van der Waals surface area contributed by atoms with Crippen LogP contribution in [-0.2, 0) is 6.54 Å². The van der Waals surface area contributed by atoms with Gasteiger partial charge in [0.2, 0.25) is 0 Å². The molecule has 0 aliphatic rings. The Labute approximate surface area is 96.8 Å². The van der Waals surface area contributed by atoms with Gasteiger partial charge in [-0.25, -0.2) is 4.39 Å². The van der Waals surface area contributed by atoms with Crippen LogP contribution in [0.1, 0.15) is 19.4 Å². The van der Waals surface area contributed by atoms with E-state index in [0.717, 1.165) is 0 Å². The Morgan fingerprint density at radius 3 is 2.71 bits per heavy atom. The maximum Gasteiger partial charge on any atom is 0.147 e. The van der Waals surface area contributed by atoms with Crippen LogP contribution in [0.4, 0.5) is 4.39 Å². The molecule has 0 spiro atoms. The summed E-state index contributed by atoms with van der Waals surface area (Å²) in [5.41, 5.74) is 0.590. The second kappa shape index (κ2) is 5.10. The van der Waals surface area contributed by atoms with Crippen molar-refractivity contribution in [2.45, 2.75) is 26.4 Å². The van der Waals surface area contributed by atoms with Crippen LogP contribution in [0, 0.1) is 5.82 Å². The highest BCUT2D eigenvalue weighted by molar-refractivity contribution is 9.10. The van der Waals surface area contributed by atoms with Crippen LogP contribution < -0.4 is 5.32 Å². The molecule has 0 saturated heterocycles. The standard InChI is InChI=1S/C10H12BrClFN/c1-6(2)14-5-7-3-4-8(11)9(12)10(7)13/h3-4,6,14H,5H2,1-2H3. The van der Waals surface area contributed by atoms with Gasteiger partial charge in [0.15, 0.2) is 0 Å². The van der Waals surface area contributed by atoms with Crippen molar-refractivity contribution in [2.75, 3.05) is 0 Å². The lowest BCUT2D eigenvalue weighted by atomic mass is 10.2. The minimum Gasteiger partial charge on any atom is -0.310 e. The zero-order chi connectivity index (χ0) is 10.7. The van der Waals surface area contributed by atoms with Gasteiger partial charge in [0.25, 0.3) is 0 Å². The summed E-state index contributed by atoms with van der Waals surface area (Å²) in [6.45, 7) is 4.52. The highest BCUT2D eigenvalue weighted by Gasteiger charge is 2.09. The molecule has 0 saturated carbocycles. The largest absolute Gasteiger partial charge is 0.310 e. The van der Waals surface area contributed by atoms with Gasteiger partial charge < -0.3 is 5.32 Å². The van der Waals surface area contributed by atoms with E-state index in [1.807, 2.05) is 13.8 Å². The van der Waals surface area contributed by atoms with Crippen LogP contribution in [0.25, 0.3) is 0 Å². The molecule has 0 amide bonds. The van der Waals surface area contributed by atoms with Gasteiger partial charge >= 0.3 is 0 Å². The molecule has 0 unspecified atom stereocenters. The Hall–Kier alpha value is -0.120. The predicted molar refractivity (Wildman–Crippen MR) is 61.1 cm³/mol. The molecule has 4 heteroatoms. The van der Waals surface area contributed by atoms with Gasteiger partial charge in [0.05, 0.1) is 5.02 Å². The Bertz CT molecular complexity index is 328. The van der Waals surface area contributed by atoms with E-state index < -0.39 is 0 Å². The molecule has 1 aromatic rings. The fourth-order valence-corrected chi connectivity index (χ4v) is 1.51. The lowest BCUT2D eigenvalue weighted by Gasteiger charge is -2.10. The van der Waals surface area contributed by atoms with Gasteiger partial charge in [-0.1, -0.05) is 31.5 Å². The van der Waals surface area contributed by atoms with Crippen molar-refractivity contribution in [1.82, 2.24) is 5.32 Å². The van der Waals surface area contributed by atoms with E-state index in [1.165, 1.54) is 0 Å². The fraction of sp³-hybridized carbons (Fsp3) is 0.400. The predicted octanol–water partition coefficient (Wildman–Crippen LogP) is 3.74. The normalized spacial score (nSPS) is 11.0. The first-order valence-corrected chi connectivity index (χ1v) is 5.55. The molecule has 78 valence electrons. The molecule has 0 aliphatic carbocycles. The van der Waals surface area contributed by atoms with Crippen molar-refractivity contribution in [3.05, 3.63) is 33.0 Å². The van der Waals surface area contributed by atoms with Crippen molar-refractivity contribution < 1.29 is 4.39 Å². The van der Waals surface area contributed by atoms with Gasteiger partial charge in [-0.15, -0.1) is 0 Å². The van der Waals surface area contributed by atoms with E-state index in [2.05, 4.69) is 21.2 Å². The summed E-state index contributed by atoms with van der Waals surface area (Å²) in [5.74, 6) is -0.353. The number of hydrogen-bond donors (Lipinski definition) is 1. The first kappa shape index (κ1) is 12.0. The van der Waals surface area contributed by atoms with Crippen LogP contribution in [0.5, 0.6) is 0 Å². The minimum absolute atomic E-state index is 0.146. The van der Waals surface area contributed by atoms with E-state index in [0.29, 0.717) is 22.6 Å². The zero-order valence-electron chi connectivity index (χ0n) is 8.07. The van der Waals surface area contributed by atoms with Crippen molar-refractivity contribution >= 4 is 27.5 Å². The highest BCUT2D eigenvalue weighted by atomic mass is 79.9. The van der Waals surface area contributed by atoms with Crippen molar-refractivity contribution in [2.24, 2.45) is 0 Å². The molecule has 0 aromatic heterocycles. The molecule has 0 bridgehead atoms. The molecule has 1 N–H and O–H groups in total. The smallest absolute Gasteiger partial charge is 0.147 e. The Morgan fingerprint density at radius 2 is 2.14 bits per heavy atom. The Kier molecular flexibility index (Phi) is 4.35. The molecule has 0 radical (unpaired) electrons. The second-order valence-electron chi connectivity index (χ2n) is 3.37. The van der Waals surface area contributed by atoms with Crippen molar-refractivity contribution in [1.29, 1.82) is 0 Å². The Balaban J connectivity index is 2.83. The number of hydrogen-bond acceptors (Lipinski definition) is 1. The van der Waals surface area contributed by atoms with Crippen molar-refractivity contribution in [3.63, 3.8) is 0 Å². The van der Waals surface area contributed by atoms with Gasteiger partial charge in [-0.05, 0) is 22.0 Å². The maximum absolute atomic E-state index is 13.5. The number of halogens is 3. The quantitative estimate of drug-likeness (QED) is 0.832. The van der Waals surface area contributed by atoms with E-state index in [9.17, 15) is 4.39 Å². The first-order valence-electron chi connectivity index (χ1n) is 4.38. The van der Waals surface area contributed by atoms with Crippen LogP contribution in [0.3, 0.4) is 0 Å². The summed E-state index contributed by atoms with van der Waals surface area (Å²) in [7, 11) is 0. The average molecular weight is 281 g/mol. The topological polar surface area (TPSA) is 12.0 Å². The van der Waals surface area contributed by atoms with E-state index in [4.69, 9.17) is 11.6 Å². The lowest BCUT2D eigenvalue weighted by Crippen LogP contribution is -2.22. The third-order valence-corrected chi connectivity index (χ3v) is 3.07. The van der Waals surface area contributed by atoms with Gasteiger partial charge in [0.1, 0.15) is 5.82 Å². The number of benzene rings is 1. The molecule has 1 nitrogen and oxygen atoms in total.